The molecule has 136 valence electrons. The molecule has 0 saturated carbocycles. The number of carbonyl (C=O) groups is 1. The van der Waals surface area contributed by atoms with Gasteiger partial charge < -0.3 is 15.6 Å². The van der Waals surface area contributed by atoms with Crippen molar-refractivity contribution in [2.24, 2.45) is 5.73 Å². The summed E-state index contributed by atoms with van der Waals surface area (Å²) < 4.78 is 6.23. The van der Waals surface area contributed by atoms with Crippen molar-refractivity contribution in [2.75, 3.05) is 0 Å². The second-order valence-electron chi connectivity index (χ2n) is 7.54. The minimum atomic E-state index is -0.870. The molecule has 0 saturated heterocycles. The average molecular weight is 359 g/mol. The molecule has 2 unspecified atom stereocenters. The van der Waals surface area contributed by atoms with Crippen LogP contribution in [0.25, 0.3) is 10.8 Å². The molecule has 3 aromatic carbocycles. The van der Waals surface area contributed by atoms with Crippen molar-refractivity contribution >= 4 is 16.7 Å². The summed E-state index contributed by atoms with van der Waals surface area (Å²) in [7, 11) is 0. The van der Waals surface area contributed by atoms with E-state index in [0.717, 1.165) is 41.5 Å². The topological polar surface area (TPSA) is 72.5 Å². The fourth-order valence-corrected chi connectivity index (χ4v) is 4.63. The lowest BCUT2D eigenvalue weighted by atomic mass is 9.79. The fraction of sp³-hybridized carbons (Fsp3) is 0.261. The molecule has 2 atom stereocenters. The van der Waals surface area contributed by atoms with Crippen LogP contribution >= 0.6 is 0 Å². The molecule has 0 heterocycles. The van der Waals surface area contributed by atoms with E-state index < -0.39 is 11.9 Å². The summed E-state index contributed by atoms with van der Waals surface area (Å²) in [5.41, 5.74) is 10.7. The fourth-order valence-electron chi connectivity index (χ4n) is 4.63. The van der Waals surface area contributed by atoms with Crippen LogP contribution in [-0.4, -0.2) is 17.1 Å². The molecule has 0 aromatic heterocycles. The van der Waals surface area contributed by atoms with Crippen molar-refractivity contribution in [3.63, 3.8) is 0 Å². The van der Waals surface area contributed by atoms with Gasteiger partial charge in [0.25, 0.3) is 0 Å². The average Bonchev–Trinajstić information content (AvgIpc) is 3.08. The molecule has 0 amide bonds. The first kappa shape index (κ1) is 16.3. The molecule has 2 aliphatic rings. The minimum absolute atomic E-state index is 0.359. The summed E-state index contributed by atoms with van der Waals surface area (Å²) in [6.07, 6.45) is 3.65. The lowest BCUT2D eigenvalue weighted by Crippen LogP contribution is -2.37. The van der Waals surface area contributed by atoms with Crippen molar-refractivity contribution in [2.45, 2.75) is 37.6 Å². The van der Waals surface area contributed by atoms with Gasteiger partial charge in [-0.2, -0.15) is 0 Å². The maximum Gasteiger partial charge on any atom is 0.312 e. The number of hydrogen-bond donors (Lipinski definition) is 2. The van der Waals surface area contributed by atoms with Gasteiger partial charge in [0, 0.05) is 11.4 Å². The highest BCUT2D eigenvalue weighted by Crippen LogP contribution is 2.39. The van der Waals surface area contributed by atoms with E-state index in [2.05, 4.69) is 24.3 Å². The molecule has 3 N–H and O–H groups in total. The summed E-state index contributed by atoms with van der Waals surface area (Å²) in [4.78, 5) is 11.7. The highest BCUT2D eigenvalue weighted by molar-refractivity contribution is 5.95. The van der Waals surface area contributed by atoms with E-state index in [1.165, 1.54) is 16.5 Å². The van der Waals surface area contributed by atoms with E-state index in [1.807, 2.05) is 24.3 Å². The number of carboxylic acids is 1. The number of nitrogens with two attached hydrogens (primary N) is 1. The van der Waals surface area contributed by atoms with Crippen LogP contribution < -0.4 is 10.5 Å². The van der Waals surface area contributed by atoms with E-state index in [0.29, 0.717) is 12.2 Å². The summed E-state index contributed by atoms with van der Waals surface area (Å²) in [6.45, 7) is 0. The molecule has 4 nitrogen and oxygen atoms in total. The number of aliphatic carboxylic acids is 1. The van der Waals surface area contributed by atoms with Gasteiger partial charge in [0.15, 0.2) is 0 Å². The van der Waals surface area contributed by atoms with Crippen LogP contribution in [0.15, 0.2) is 48.5 Å². The van der Waals surface area contributed by atoms with Crippen LogP contribution in [0.5, 0.6) is 11.5 Å². The molecule has 4 heteroatoms. The first-order chi connectivity index (χ1) is 13.1. The van der Waals surface area contributed by atoms with Gasteiger partial charge in [-0.3, -0.25) is 4.79 Å². The number of carboxylic acid groups (broad SMARTS) is 1. The predicted octanol–water partition coefficient (Wildman–Crippen LogP) is 4.17. The van der Waals surface area contributed by atoms with Gasteiger partial charge in [-0.25, -0.2) is 0 Å². The van der Waals surface area contributed by atoms with E-state index >= 15 is 0 Å². The number of aryl methyl sites for hydroxylation is 3. The number of fused-ring (bicyclic) bond motifs is 1. The molecule has 0 radical (unpaired) electrons. The molecular formula is C23H21NO3. The standard InChI is InChI=1S/C23H21NO3/c24-19-10-7-13-6-9-16(12-18(13)22(19)23(25)26)27-20-11-8-15-5-4-14-2-1-3-17(20)21(14)15/h1-3,6,8-9,11-12,19,22H,4-5,7,10,24H2,(H,25,26). The van der Waals surface area contributed by atoms with Gasteiger partial charge in [0.05, 0.1) is 5.92 Å². The van der Waals surface area contributed by atoms with E-state index in [-0.39, 0.29) is 6.04 Å². The van der Waals surface area contributed by atoms with Gasteiger partial charge in [-0.1, -0.05) is 30.3 Å². The molecule has 2 aliphatic carbocycles. The van der Waals surface area contributed by atoms with Crippen molar-refractivity contribution in [3.05, 3.63) is 70.8 Å². The van der Waals surface area contributed by atoms with Gasteiger partial charge in [0.2, 0.25) is 0 Å². The van der Waals surface area contributed by atoms with Gasteiger partial charge in [-0.05, 0) is 71.5 Å². The Hall–Kier alpha value is -2.85. The van der Waals surface area contributed by atoms with E-state index in [1.54, 1.807) is 0 Å². The van der Waals surface area contributed by atoms with Gasteiger partial charge in [-0.15, -0.1) is 0 Å². The summed E-state index contributed by atoms with van der Waals surface area (Å²) in [6, 6.07) is 15.9. The Bertz CT molecular complexity index is 1060. The van der Waals surface area contributed by atoms with Crippen LogP contribution in [0.1, 0.15) is 34.6 Å². The highest BCUT2D eigenvalue weighted by atomic mass is 16.5. The Morgan fingerprint density at radius 1 is 1.00 bits per heavy atom. The molecule has 27 heavy (non-hydrogen) atoms. The van der Waals surface area contributed by atoms with Crippen molar-refractivity contribution in [3.8, 4) is 11.5 Å². The molecule has 5 rings (SSSR count). The molecule has 0 aliphatic heterocycles. The monoisotopic (exact) mass is 359 g/mol. The number of hydrogen-bond acceptors (Lipinski definition) is 3. The van der Waals surface area contributed by atoms with Crippen LogP contribution in [0.2, 0.25) is 0 Å². The first-order valence-electron chi connectivity index (χ1n) is 9.44. The van der Waals surface area contributed by atoms with E-state index in [9.17, 15) is 9.90 Å². The molecule has 0 bridgehead atoms. The Balaban J connectivity index is 1.56. The Labute approximate surface area is 157 Å². The third kappa shape index (κ3) is 2.60. The minimum Gasteiger partial charge on any atom is -0.481 e. The zero-order chi connectivity index (χ0) is 18.5. The highest BCUT2D eigenvalue weighted by Gasteiger charge is 2.33. The van der Waals surface area contributed by atoms with Crippen molar-refractivity contribution in [1.29, 1.82) is 0 Å². The van der Waals surface area contributed by atoms with Gasteiger partial charge >= 0.3 is 5.97 Å². The van der Waals surface area contributed by atoms with Crippen molar-refractivity contribution < 1.29 is 14.6 Å². The van der Waals surface area contributed by atoms with Crippen LogP contribution in [-0.2, 0) is 24.1 Å². The Kier molecular flexibility index (Phi) is 3.69. The van der Waals surface area contributed by atoms with Crippen LogP contribution in [0.3, 0.4) is 0 Å². The maximum atomic E-state index is 11.7. The second-order valence-corrected chi connectivity index (χ2v) is 7.54. The third-order valence-electron chi connectivity index (χ3n) is 5.96. The molecule has 0 fully saturated rings. The maximum absolute atomic E-state index is 11.7. The second kappa shape index (κ2) is 6.10. The predicted molar refractivity (Wildman–Crippen MR) is 105 cm³/mol. The SMILES string of the molecule is NC1CCc2ccc(Oc3ccc4c5c(cccc35)CC4)cc2C1C(=O)O. The molecular weight excluding hydrogens is 338 g/mol. The molecule has 3 aromatic rings. The van der Waals surface area contributed by atoms with Crippen molar-refractivity contribution in [1.82, 2.24) is 0 Å². The zero-order valence-electron chi connectivity index (χ0n) is 14.9. The van der Waals surface area contributed by atoms with E-state index in [4.69, 9.17) is 10.5 Å². The summed E-state index contributed by atoms with van der Waals surface area (Å²) in [5, 5.41) is 12.0. The van der Waals surface area contributed by atoms with Crippen LogP contribution in [0, 0.1) is 0 Å². The summed E-state index contributed by atoms with van der Waals surface area (Å²) in [5.74, 6) is -0.0757. The summed E-state index contributed by atoms with van der Waals surface area (Å²) >= 11 is 0. The molecule has 0 spiro atoms. The quantitative estimate of drug-likeness (QED) is 0.736. The third-order valence-corrected chi connectivity index (χ3v) is 5.96. The zero-order valence-corrected chi connectivity index (χ0v) is 14.9. The lowest BCUT2D eigenvalue weighted by Gasteiger charge is -2.28. The first-order valence-corrected chi connectivity index (χ1v) is 9.44. The number of ether oxygens (including phenoxy) is 1. The normalized spacial score (nSPS) is 20.5. The van der Waals surface area contributed by atoms with Gasteiger partial charge in [0.1, 0.15) is 11.5 Å². The number of benzene rings is 3. The van der Waals surface area contributed by atoms with Crippen LogP contribution in [0.4, 0.5) is 0 Å². The lowest BCUT2D eigenvalue weighted by molar-refractivity contribution is -0.139. The smallest absolute Gasteiger partial charge is 0.312 e. The number of rotatable bonds is 3. The largest absolute Gasteiger partial charge is 0.481 e. The Morgan fingerprint density at radius 2 is 1.78 bits per heavy atom. The Morgan fingerprint density at radius 3 is 2.59 bits per heavy atom.